The maximum Gasteiger partial charge on any atom is 0.408 e. The van der Waals surface area contributed by atoms with Crippen LogP contribution in [-0.4, -0.2) is 56.5 Å². The second-order valence-corrected chi connectivity index (χ2v) is 7.30. The summed E-state index contributed by atoms with van der Waals surface area (Å²) < 4.78 is 15.4. The molecule has 9 heteroatoms. The summed E-state index contributed by atoms with van der Waals surface area (Å²) in [5.41, 5.74) is 0.836. The Labute approximate surface area is 177 Å². The topological polar surface area (TPSA) is 115 Å². The van der Waals surface area contributed by atoms with Crippen LogP contribution in [-0.2, 0) is 30.4 Å². The highest BCUT2D eigenvalue weighted by Crippen LogP contribution is 2.06. The molecule has 0 saturated heterocycles. The molecule has 1 unspecified atom stereocenters. The van der Waals surface area contributed by atoms with Crippen LogP contribution >= 0.6 is 0 Å². The van der Waals surface area contributed by atoms with Crippen LogP contribution in [0, 0.1) is 5.92 Å². The zero-order chi connectivity index (χ0) is 22.7. The number of rotatable bonds is 11. The second-order valence-electron chi connectivity index (χ2n) is 7.30. The van der Waals surface area contributed by atoms with E-state index in [9.17, 15) is 14.4 Å². The number of alkyl carbamates (subject to hydrolysis) is 1. The van der Waals surface area contributed by atoms with Gasteiger partial charge in [0.1, 0.15) is 18.7 Å². The first-order valence-corrected chi connectivity index (χ1v) is 9.83. The van der Waals surface area contributed by atoms with E-state index in [2.05, 4.69) is 16.0 Å². The number of methoxy groups -OCH3 is 2. The number of ether oxygens (including phenoxy) is 3. The molecule has 0 aromatic heterocycles. The summed E-state index contributed by atoms with van der Waals surface area (Å²) in [5, 5.41) is 7.90. The molecule has 9 nitrogen and oxygen atoms in total. The van der Waals surface area contributed by atoms with Crippen LogP contribution in [0.1, 0.15) is 33.3 Å². The quantitative estimate of drug-likeness (QED) is 0.466. The number of hydrogen-bond donors (Lipinski definition) is 3. The summed E-state index contributed by atoms with van der Waals surface area (Å²) in [6, 6.07) is 7.12. The molecule has 0 radical (unpaired) electrons. The molecular formula is C21H33N3O6. The summed E-state index contributed by atoms with van der Waals surface area (Å²) in [6.07, 6.45) is -1.32. The van der Waals surface area contributed by atoms with Gasteiger partial charge in [0.15, 0.2) is 6.29 Å². The maximum atomic E-state index is 12.6. The summed E-state index contributed by atoms with van der Waals surface area (Å²) in [4.78, 5) is 37.1. The van der Waals surface area contributed by atoms with Gasteiger partial charge in [0, 0.05) is 14.2 Å². The van der Waals surface area contributed by atoms with E-state index in [0.29, 0.717) is 0 Å². The number of amides is 3. The van der Waals surface area contributed by atoms with E-state index < -0.39 is 42.3 Å². The van der Waals surface area contributed by atoms with E-state index >= 15 is 0 Å². The summed E-state index contributed by atoms with van der Waals surface area (Å²) in [5.74, 6) is -1.09. The third-order valence-corrected chi connectivity index (χ3v) is 4.43. The van der Waals surface area contributed by atoms with Crippen molar-refractivity contribution in [2.24, 2.45) is 5.92 Å². The number of hydrogen-bond acceptors (Lipinski definition) is 6. The highest BCUT2D eigenvalue weighted by Gasteiger charge is 2.28. The fourth-order valence-corrected chi connectivity index (χ4v) is 2.72. The van der Waals surface area contributed by atoms with Crippen LogP contribution in [0.3, 0.4) is 0 Å². The predicted molar refractivity (Wildman–Crippen MR) is 111 cm³/mol. The van der Waals surface area contributed by atoms with Crippen LogP contribution < -0.4 is 16.0 Å². The van der Waals surface area contributed by atoms with Crippen LogP contribution in [0.2, 0.25) is 0 Å². The Balaban J connectivity index is 2.59. The summed E-state index contributed by atoms with van der Waals surface area (Å²) in [6.45, 7) is 6.95. The zero-order valence-electron chi connectivity index (χ0n) is 18.4. The van der Waals surface area contributed by atoms with Crippen molar-refractivity contribution in [3.05, 3.63) is 35.9 Å². The minimum atomic E-state index is -0.855. The van der Waals surface area contributed by atoms with Gasteiger partial charge in [-0.2, -0.15) is 0 Å². The molecule has 0 fully saturated rings. The van der Waals surface area contributed by atoms with E-state index in [0.717, 1.165) is 5.56 Å². The Bertz CT molecular complexity index is 679. The van der Waals surface area contributed by atoms with Crippen LogP contribution in [0.25, 0.3) is 0 Å². The van der Waals surface area contributed by atoms with Crippen LogP contribution in [0.4, 0.5) is 4.79 Å². The summed E-state index contributed by atoms with van der Waals surface area (Å²) >= 11 is 0. The Morgan fingerprint density at radius 3 is 2.00 bits per heavy atom. The first-order chi connectivity index (χ1) is 14.2. The van der Waals surface area contributed by atoms with E-state index in [-0.39, 0.29) is 12.5 Å². The highest BCUT2D eigenvalue weighted by atomic mass is 16.7. The fraction of sp³-hybridized carbons (Fsp3) is 0.571. The average Bonchev–Trinajstić information content (AvgIpc) is 2.71. The highest BCUT2D eigenvalue weighted by molar-refractivity contribution is 5.91. The van der Waals surface area contributed by atoms with Gasteiger partial charge in [0.2, 0.25) is 11.8 Å². The fourth-order valence-electron chi connectivity index (χ4n) is 2.72. The van der Waals surface area contributed by atoms with Gasteiger partial charge >= 0.3 is 6.09 Å². The Morgan fingerprint density at radius 2 is 1.47 bits per heavy atom. The maximum absolute atomic E-state index is 12.6. The molecule has 3 amide bonds. The molecule has 0 aliphatic heterocycles. The van der Waals surface area contributed by atoms with Gasteiger partial charge in [0.05, 0.1) is 6.04 Å². The lowest BCUT2D eigenvalue weighted by Crippen LogP contribution is -2.56. The summed E-state index contributed by atoms with van der Waals surface area (Å²) in [7, 11) is 2.94. The van der Waals surface area contributed by atoms with Gasteiger partial charge in [-0.15, -0.1) is 0 Å². The van der Waals surface area contributed by atoms with E-state index in [1.54, 1.807) is 27.7 Å². The normalized spacial score (nSPS) is 14.0. The molecule has 3 atom stereocenters. The van der Waals surface area contributed by atoms with Crippen molar-refractivity contribution in [1.82, 2.24) is 16.0 Å². The Morgan fingerprint density at radius 1 is 0.867 bits per heavy atom. The standard InChI is InChI=1S/C21H33N3O6/c1-13(2)17(24-21(27)30-12-16-10-8-7-9-11-16)19(26)22-14(3)18(25)23-15(4)20(28-5)29-6/h7-11,13-15,17,20H,12H2,1-6H3,(H,22,26)(H,23,25)(H,24,27)/t14-,15?,17-/m0/s1. The van der Waals surface area contributed by atoms with Crippen molar-refractivity contribution >= 4 is 17.9 Å². The SMILES string of the molecule is COC(OC)C(C)NC(=O)[C@H](C)NC(=O)[C@@H](NC(=O)OCc1ccccc1)C(C)C. The number of carbonyl (C=O) groups is 3. The number of carbonyl (C=O) groups excluding carboxylic acids is 3. The minimum absolute atomic E-state index is 0.0932. The van der Waals surface area contributed by atoms with Gasteiger partial charge in [-0.25, -0.2) is 4.79 Å². The molecule has 1 aromatic carbocycles. The van der Waals surface area contributed by atoms with Crippen molar-refractivity contribution in [2.45, 2.75) is 58.7 Å². The molecular weight excluding hydrogens is 390 g/mol. The molecule has 0 spiro atoms. The lowest BCUT2D eigenvalue weighted by atomic mass is 10.0. The van der Waals surface area contributed by atoms with Gasteiger partial charge in [-0.1, -0.05) is 44.2 Å². The van der Waals surface area contributed by atoms with Gasteiger partial charge in [-0.3, -0.25) is 9.59 Å². The Kier molecular flexibility index (Phi) is 10.8. The van der Waals surface area contributed by atoms with E-state index in [1.165, 1.54) is 14.2 Å². The first-order valence-electron chi connectivity index (χ1n) is 9.83. The van der Waals surface area contributed by atoms with Gasteiger partial charge in [-0.05, 0) is 25.3 Å². The molecule has 3 N–H and O–H groups in total. The number of benzene rings is 1. The molecule has 0 aliphatic rings. The molecule has 0 heterocycles. The van der Waals surface area contributed by atoms with E-state index in [1.807, 2.05) is 30.3 Å². The first kappa shape index (κ1) is 25.4. The van der Waals surface area contributed by atoms with Crippen molar-refractivity contribution in [3.63, 3.8) is 0 Å². The largest absolute Gasteiger partial charge is 0.445 e. The predicted octanol–water partition coefficient (Wildman–Crippen LogP) is 1.57. The van der Waals surface area contributed by atoms with Crippen LogP contribution in [0.5, 0.6) is 0 Å². The van der Waals surface area contributed by atoms with Crippen LogP contribution in [0.15, 0.2) is 30.3 Å². The van der Waals surface area contributed by atoms with Gasteiger partial charge < -0.3 is 30.2 Å². The monoisotopic (exact) mass is 423 g/mol. The molecule has 1 aromatic rings. The third kappa shape index (κ3) is 8.38. The number of nitrogens with one attached hydrogen (secondary N) is 3. The molecule has 168 valence electrons. The van der Waals surface area contributed by atoms with Crippen molar-refractivity contribution in [2.75, 3.05) is 14.2 Å². The molecule has 30 heavy (non-hydrogen) atoms. The minimum Gasteiger partial charge on any atom is -0.445 e. The Hall–Kier alpha value is -2.65. The lowest BCUT2D eigenvalue weighted by molar-refractivity contribution is -0.138. The van der Waals surface area contributed by atoms with E-state index in [4.69, 9.17) is 14.2 Å². The molecule has 1 rings (SSSR count). The smallest absolute Gasteiger partial charge is 0.408 e. The average molecular weight is 424 g/mol. The zero-order valence-corrected chi connectivity index (χ0v) is 18.4. The second kappa shape index (κ2) is 12.8. The van der Waals surface area contributed by atoms with Crippen molar-refractivity contribution < 1.29 is 28.6 Å². The third-order valence-electron chi connectivity index (χ3n) is 4.43. The lowest BCUT2D eigenvalue weighted by Gasteiger charge is -2.26. The van der Waals surface area contributed by atoms with Crippen molar-refractivity contribution in [3.8, 4) is 0 Å². The van der Waals surface area contributed by atoms with Gasteiger partial charge in [0.25, 0.3) is 0 Å². The molecule has 0 saturated carbocycles. The molecule has 0 bridgehead atoms. The molecule has 0 aliphatic carbocycles. The van der Waals surface area contributed by atoms with Crippen molar-refractivity contribution in [1.29, 1.82) is 0 Å².